The second kappa shape index (κ2) is 7.06. The second-order valence-corrected chi connectivity index (χ2v) is 9.37. The molecule has 3 aromatic rings. The molecule has 1 aliphatic heterocycles. The van der Waals surface area contributed by atoms with Gasteiger partial charge in [-0.15, -0.1) is 0 Å². The molecular weight excluding hydrogens is 446 g/mol. The summed E-state index contributed by atoms with van der Waals surface area (Å²) in [5.41, 5.74) is 2.65. The van der Waals surface area contributed by atoms with Crippen molar-refractivity contribution in [2.75, 3.05) is 18.0 Å². The number of hydrogen-bond donors (Lipinski definition) is 1. The van der Waals surface area contributed by atoms with Crippen LogP contribution in [0.25, 0.3) is 16.8 Å². The Bertz CT molecular complexity index is 1150. The van der Waals surface area contributed by atoms with Gasteiger partial charge < -0.3 is 10.2 Å². The third kappa shape index (κ3) is 3.12. The molecule has 1 saturated heterocycles. The first-order chi connectivity index (χ1) is 14.5. The van der Waals surface area contributed by atoms with Crippen LogP contribution in [0.5, 0.6) is 0 Å². The van der Waals surface area contributed by atoms with Crippen LogP contribution in [-0.4, -0.2) is 44.6 Å². The number of aromatic nitrogens is 4. The van der Waals surface area contributed by atoms with Gasteiger partial charge in [0.15, 0.2) is 0 Å². The van der Waals surface area contributed by atoms with Gasteiger partial charge in [-0.1, -0.05) is 0 Å². The first-order valence-electron chi connectivity index (χ1n) is 9.85. The van der Waals surface area contributed by atoms with Crippen molar-refractivity contribution in [1.82, 2.24) is 24.9 Å². The predicted octanol–water partition coefficient (Wildman–Crippen LogP) is 2.78. The topological polar surface area (TPSA) is 99.2 Å². The molecule has 5 rings (SSSR count). The normalized spacial score (nSPS) is 25.3. The maximum Gasteiger partial charge on any atom is 0.207 e. The van der Waals surface area contributed by atoms with Crippen LogP contribution in [0.3, 0.4) is 0 Å². The largest absolute Gasteiger partial charge is 0.355 e. The van der Waals surface area contributed by atoms with Crippen molar-refractivity contribution in [2.24, 2.45) is 11.8 Å². The number of anilines is 1. The third-order valence-corrected chi connectivity index (χ3v) is 6.78. The quantitative estimate of drug-likeness (QED) is 0.594. The number of fused-ring (bicyclic) bond motifs is 2. The summed E-state index contributed by atoms with van der Waals surface area (Å²) in [4.78, 5) is 22.5. The standard InChI is InChI=1S/C21H20BrN7O/c1-21(26-12-30)3-13-9-28(10-14(13)4-21)19-8-24-18(7-25-19)17-2-16(22)11-29-20(17)15(5-23)6-27-29/h2,6-8,11-14H,3-4,9-10H2,1H3,(H,26,30)/t13-,14+,21?. The Hall–Kier alpha value is -2.99. The van der Waals surface area contributed by atoms with Crippen LogP contribution in [-0.2, 0) is 4.79 Å². The van der Waals surface area contributed by atoms with Gasteiger partial charge in [0.1, 0.15) is 11.9 Å². The van der Waals surface area contributed by atoms with Crippen molar-refractivity contribution in [1.29, 1.82) is 5.26 Å². The van der Waals surface area contributed by atoms with E-state index in [9.17, 15) is 10.1 Å². The van der Waals surface area contributed by atoms with Crippen LogP contribution in [0.4, 0.5) is 5.82 Å². The molecule has 8 nitrogen and oxygen atoms in total. The lowest BCUT2D eigenvalue weighted by Gasteiger charge is -2.26. The van der Waals surface area contributed by atoms with Gasteiger partial charge >= 0.3 is 0 Å². The van der Waals surface area contributed by atoms with E-state index in [1.807, 2.05) is 12.3 Å². The fourth-order valence-electron chi connectivity index (χ4n) is 5.08. The number of carbonyl (C=O) groups is 1. The summed E-state index contributed by atoms with van der Waals surface area (Å²) in [6.07, 6.45) is 9.75. The molecule has 3 aromatic heterocycles. The number of hydrogen-bond acceptors (Lipinski definition) is 6. The minimum atomic E-state index is -0.0888. The van der Waals surface area contributed by atoms with Gasteiger partial charge in [0.25, 0.3) is 0 Å². The number of nitrogens with one attached hydrogen (secondary N) is 1. The van der Waals surface area contributed by atoms with E-state index in [0.29, 0.717) is 23.1 Å². The molecule has 0 radical (unpaired) electrons. The molecule has 2 fully saturated rings. The molecule has 1 aliphatic carbocycles. The molecule has 2 aliphatic rings. The molecule has 3 atom stereocenters. The molecule has 1 amide bonds. The Kier molecular flexibility index (Phi) is 4.47. The minimum Gasteiger partial charge on any atom is -0.355 e. The molecular formula is C21H20BrN7O. The number of nitrogens with zero attached hydrogens (tertiary/aromatic N) is 6. The van der Waals surface area contributed by atoms with E-state index < -0.39 is 0 Å². The van der Waals surface area contributed by atoms with Gasteiger partial charge in [-0.2, -0.15) is 10.4 Å². The Morgan fingerprint density at radius 1 is 1.27 bits per heavy atom. The van der Waals surface area contributed by atoms with Gasteiger partial charge in [-0.05, 0) is 53.6 Å². The molecule has 30 heavy (non-hydrogen) atoms. The van der Waals surface area contributed by atoms with E-state index >= 15 is 0 Å². The molecule has 152 valence electrons. The van der Waals surface area contributed by atoms with Gasteiger partial charge in [-0.25, -0.2) is 9.50 Å². The maximum atomic E-state index is 10.9. The van der Waals surface area contributed by atoms with Gasteiger partial charge in [0.2, 0.25) is 6.41 Å². The summed E-state index contributed by atoms with van der Waals surface area (Å²) in [5.74, 6) is 1.97. The first-order valence-corrected chi connectivity index (χ1v) is 10.6. The number of rotatable bonds is 4. The molecule has 0 bridgehead atoms. The van der Waals surface area contributed by atoms with Crippen LogP contribution in [0.1, 0.15) is 25.3 Å². The molecule has 0 aromatic carbocycles. The highest BCUT2D eigenvalue weighted by Crippen LogP contribution is 2.44. The lowest BCUT2D eigenvalue weighted by molar-refractivity contribution is -0.111. The van der Waals surface area contributed by atoms with Crippen molar-refractivity contribution >= 4 is 33.7 Å². The van der Waals surface area contributed by atoms with Crippen molar-refractivity contribution in [3.8, 4) is 17.3 Å². The first kappa shape index (κ1) is 19.0. The Balaban J connectivity index is 1.39. The second-order valence-electron chi connectivity index (χ2n) is 8.45. The van der Waals surface area contributed by atoms with E-state index in [2.05, 4.69) is 54.2 Å². The highest BCUT2D eigenvalue weighted by molar-refractivity contribution is 9.10. The molecule has 1 saturated carbocycles. The number of halogens is 1. The summed E-state index contributed by atoms with van der Waals surface area (Å²) in [7, 11) is 0. The van der Waals surface area contributed by atoms with Gasteiger partial charge in [0, 0.05) is 34.9 Å². The van der Waals surface area contributed by atoms with Crippen molar-refractivity contribution in [2.45, 2.75) is 25.3 Å². The lowest BCUT2D eigenvalue weighted by atomic mass is 9.98. The van der Waals surface area contributed by atoms with Crippen LogP contribution < -0.4 is 10.2 Å². The molecule has 1 unspecified atom stereocenters. The molecule has 1 N–H and O–H groups in total. The summed E-state index contributed by atoms with van der Waals surface area (Å²) in [5, 5.41) is 16.7. The fourth-order valence-corrected chi connectivity index (χ4v) is 5.50. The highest BCUT2D eigenvalue weighted by Gasteiger charge is 2.46. The number of pyridine rings is 1. The van der Waals surface area contributed by atoms with Crippen LogP contribution >= 0.6 is 15.9 Å². The lowest BCUT2D eigenvalue weighted by Crippen LogP contribution is -2.40. The smallest absolute Gasteiger partial charge is 0.207 e. The summed E-state index contributed by atoms with van der Waals surface area (Å²) < 4.78 is 2.53. The average molecular weight is 466 g/mol. The van der Waals surface area contributed by atoms with Gasteiger partial charge in [-0.3, -0.25) is 9.78 Å². The molecule has 9 heteroatoms. The third-order valence-electron chi connectivity index (χ3n) is 6.35. The predicted molar refractivity (Wildman–Crippen MR) is 115 cm³/mol. The van der Waals surface area contributed by atoms with Crippen LogP contribution in [0.2, 0.25) is 0 Å². The van der Waals surface area contributed by atoms with E-state index in [1.165, 1.54) is 0 Å². The Morgan fingerprint density at radius 2 is 2.03 bits per heavy atom. The monoisotopic (exact) mass is 465 g/mol. The summed E-state index contributed by atoms with van der Waals surface area (Å²) >= 11 is 3.50. The number of nitriles is 1. The van der Waals surface area contributed by atoms with Crippen LogP contribution in [0.15, 0.2) is 35.3 Å². The molecule has 0 spiro atoms. The van der Waals surface area contributed by atoms with Crippen molar-refractivity contribution < 1.29 is 4.79 Å². The average Bonchev–Trinajstić information content (AvgIpc) is 3.38. The number of amides is 1. The van der Waals surface area contributed by atoms with Crippen molar-refractivity contribution in [3.63, 3.8) is 0 Å². The van der Waals surface area contributed by atoms with E-state index in [1.54, 1.807) is 23.1 Å². The Labute approximate surface area is 182 Å². The van der Waals surface area contributed by atoms with E-state index in [4.69, 9.17) is 0 Å². The van der Waals surface area contributed by atoms with Gasteiger partial charge in [0.05, 0.1) is 35.4 Å². The zero-order valence-electron chi connectivity index (χ0n) is 16.4. The van der Waals surface area contributed by atoms with E-state index in [0.717, 1.165) is 53.7 Å². The zero-order valence-corrected chi connectivity index (χ0v) is 18.0. The summed E-state index contributed by atoms with van der Waals surface area (Å²) in [6.45, 7) is 3.98. The van der Waals surface area contributed by atoms with Crippen molar-refractivity contribution in [3.05, 3.63) is 40.9 Å². The number of carbonyl (C=O) groups excluding carboxylic acids is 1. The van der Waals surface area contributed by atoms with E-state index in [-0.39, 0.29) is 5.54 Å². The maximum absolute atomic E-state index is 10.9. The Morgan fingerprint density at radius 3 is 2.67 bits per heavy atom. The van der Waals surface area contributed by atoms with Crippen LogP contribution in [0, 0.1) is 23.2 Å². The highest BCUT2D eigenvalue weighted by atomic mass is 79.9. The molecule has 4 heterocycles. The zero-order chi connectivity index (χ0) is 20.9. The minimum absolute atomic E-state index is 0.0888. The SMILES string of the molecule is CC1(NC=O)C[C@H]2CN(c3cnc(-c4cc(Br)cn5ncc(C#N)c45)cn3)C[C@H]2C1. The summed E-state index contributed by atoms with van der Waals surface area (Å²) in [6, 6.07) is 4.13. The fraction of sp³-hybridized carbons (Fsp3) is 0.381.